The zero-order valence-electron chi connectivity index (χ0n) is 20.7. The molecule has 13 heteroatoms. The molecule has 0 aliphatic heterocycles. The van der Waals surface area contributed by atoms with Crippen molar-refractivity contribution < 1.29 is 36.3 Å². The Labute approximate surface area is 223 Å². The molecular formula is C27H20F5N5O3. The summed E-state index contributed by atoms with van der Waals surface area (Å²) in [4.78, 5) is 0. The highest BCUT2D eigenvalue weighted by atomic mass is 19.2. The maximum atomic E-state index is 14.8. The van der Waals surface area contributed by atoms with Crippen molar-refractivity contribution in [2.45, 2.75) is 31.6 Å². The van der Waals surface area contributed by atoms with Crippen LogP contribution < -0.4 is 4.74 Å². The van der Waals surface area contributed by atoms with E-state index in [0.29, 0.717) is 23.1 Å². The van der Waals surface area contributed by atoms with E-state index in [1.807, 2.05) is 0 Å². The molecular weight excluding hydrogens is 537 g/mol. The highest BCUT2D eigenvalue weighted by Crippen LogP contribution is 2.40. The monoisotopic (exact) mass is 557 g/mol. The molecule has 3 aromatic carbocycles. The Morgan fingerprint density at radius 2 is 1.68 bits per heavy atom. The van der Waals surface area contributed by atoms with Gasteiger partial charge < -0.3 is 14.4 Å². The van der Waals surface area contributed by atoms with Crippen LogP contribution in [-0.4, -0.2) is 30.5 Å². The molecule has 40 heavy (non-hydrogen) atoms. The average Bonchev–Trinajstić information content (AvgIpc) is 3.63. The number of nitrogens with zero attached hydrogens (tertiary/aromatic N) is 5. The molecule has 5 aromatic rings. The first-order valence-electron chi connectivity index (χ1n) is 11.9. The van der Waals surface area contributed by atoms with Gasteiger partial charge in [0.05, 0.1) is 12.5 Å². The van der Waals surface area contributed by atoms with Crippen LogP contribution in [0.4, 0.5) is 22.0 Å². The smallest absolute Gasteiger partial charge is 0.194 e. The van der Waals surface area contributed by atoms with Gasteiger partial charge in [-0.1, -0.05) is 18.1 Å². The van der Waals surface area contributed by atoms with Gasteiger partial charge in [0.1, 0.15) is 47.4 Å². The summed E-state index contributed by atoms with van der Waals surface area (Å²) in [7, 11) is 0. The Morgan fingerprint density at radius 3 is 2.33 bits per heavy atom. The molecule has 2 atom stereocenters. The number of hydrogen-bond donors (Lipinski definition) is 1. The van der Waals surface area contributed by atoms with Crippen LogP contribution in [0.3, 0.4) is 0 Å². The highest BCUT2D eigenvalue weighted by Gasteiger charge is 2.42. The van der Waals surface area contributed by atoms with Crippen LogP contribution in [0.15, 0.2) is 71.5 Å². The van der Waals surface area contributed by atoms with Gasteiger partial charge in [-0.2, -0.15) is 0 Å². The van der Waals surface area contributed by atoms with Crippen LogP contribution >= 0.6 is 0 Å². The molecule has 5 rings (SSSR count). The average molecular weight is 557 g/mol. The fraction of sp³-hybridized carbons (Fsp3) is 0.185. The van der Waals surface area contributed by atoms with Crippen molar-refractivity contribution in [1.82, 2.24) is 25.4 Å². The number of benzene rings is 3. The first-order valence-corrected chi connectivity index (χ1v) is 11.9. The number of halogens is 5. The Hall–Kier alpha value is -4.65. The van der Waals surface area contributed by atoms with Gasteiger partial charge in [0, 0.05) is 23.3 Å². The third-order valence-corrected chi connectivity index (χ3v) is 6.46. The third-order valence-electron chi connectivity index (χ3n) is 6.46. The standard InChI is InChI=1S/C27H20F5N5O3/c1-15(27(38,13-37-14-33-35-36-37)20-7-4-18(28)10-21(20)29)25-11-24(34-40-25)17-2-5-19(6-3-17)39-12-16-8-22(30)26(32)23(31)9-16/h2-11,14-15,38H,12-13H2,1H3/t15-,27+/m0/s1. The van der Waals surface area contributed by atoms with Crippen molar-refractivity contribution >= 4 is 0 Å². The molecule has 0 radical (unpaired) electrons. The van der Waals surface area contributed by atoms with Crippen molar-refractivity contribution in [2.75, 3.05) is 0 Å². The summed E-state index contributed by atoms with van der Waals surface area (Å²) in [6.45, 7) is 1.13. The molecule has 0 bridgehead atoms. The van der Waals surface area contributed by atoms with Crippen LogP contribution in [0.2, 0.25) is 0 Å². The second-order valence-corrected chi connectivity index (χ2v) is 9.08. The molecule has 0 amide bonds. The molecule has 0 aliphatic carbocycles. The van der Waals surface area contributed by atoms with Crippen LogP contribution in [0, 0.1) is 29.1 Å². The van der Waals surface area contributed by atoms with E-state index >= 15 is 0 Å². The lowest BCUT2D eigenvalue weighted by atomic mass is 9.80. The van der Waals surface area contributed by atoms with Crippen LogP contribution in [0.1, 0.15) is 29.7 Å². The van der Waals surface area contributed by atoms with E-state index in [2.05, 4.69) is 20.7 Å². The summed E-state index contributed by atoms with van der Waals surface area (Å²) < 4.78 is 80.6. The number of hydrogen-bond acceptors (Lipinski definition) is 7. The van der Waals surface area contributed by atoms with E-state index < -0.39 is 40.6 Å². The Bertz CT molecular complexity index is 1610. The molecule has 0 saturated heterocycles. The van der Waals surface area contributed by atoms with E-state index in [9.17, 15) is 27.1 Å². The second kappa shape index (κ2) is 10.8. The van der Waals surface area contributed by atoms with Gasteiger partial charge in [0.15, 0.2) is 17.5 Å². The van der Waals surface area contributed by atoms with Gasteiger partial charge in [-0.15, -0.1) is 5.10 Å². The molecule has 0 fully saturated rings. The van der Waals surface area contributed by atoms with Gasteiger partial charge in [0.25, 0.3) is 0 Å². The second-order valence-electron chi connectivity index (χ2n) is 9.08. The number of rotatable bonds is 9. The summed E-state index contributed by atoms with van der Waals surface area (Å²) in [5, 5.41) is 26.6. The fourth-order valence-electron chi connectivity index (χ4n) is 4.24. The van der Waals surface area contributed by atoms with Crippen LogP contribution in [-0.2, 0) is 18.8 Å². The topological polar surface area (TPSA) is 99.1 Å². The quantitative estimate of drug-likeness (QED) is 0.194. The highest BCUT2D eigenvalue weighted by molar-refractivity contribution is 5.60. The van der Waals surface area contributed by atoms with E-state index in [-0.39, 0.29) is 30.0 Å². The lowest BCUT2D eigenvalue weighted by Gasteiger charge is -2.33. The van der Waals surface area contributed by atoms with Crippen molar-refractivity contribution in [3.05, 3.63) is 113 Å². The predicted molar refractivity (Wildman–Crippen MR) is 129 cm³/mol. The van der Waals surface area contributed by atoms with E-state index in [1.54, 1.807) is 37.3 Å². The molecule has 206 valence electrons. The molecule has 0 unspecified atom stereocenters. The molecule has 8 nitrogen and oxygen atoms in total. The Kier molecular flexibility index (Phi) is 7.30. The summed E-state index contributed by atoms with van der Waals surface area (Å²) in [5.74, 6) is -6.24. The maximum absolute atomic E-state index is 14.8. The zero-order chi connectivity index (χ0) is 28.4. The summed E-state index contributed by atoms with van der Waals surface area (Å²) in [5.41, 5.74) is -1.04. The molecule has 2 aromatic heterocycles. The van der Waals surface area contributed by atoms with Crippen LogP contribution in [0.5, 0.6) is 5.75 Å². The Balaban J connectivity index is 1.35. The number of ether oxygens (including phenoxy) is 1. The SMILES string of the molecule is C[C@@H](c1cc(-c2ccc(OCc3cc(F)c(F)c(F)c3)cc2)no1)[C@](O)(Cn1cnnn1)c1ccc(F)cc1F. The Morgan fingerprint density at radius 1 is 0.950 bits per heavy atom. The molecule has 1 N–H and O–H groups in total. The minimum Gasteiger partial charge on any atom is -0.489 e. The van der Waals surface area contributed by atoms with Gasteiger partial charge in [0.2, 0.25) is 0 Å². The van der Waals surface area contributed by atoms with Crippen molar-refractivity contribution in [3.8, 4) is 17.0 Å². The number of aliphatic hydroxyl groups is 1. The third kappa shape index (κ3) is 5.41. The lowest BCUT2D eigenvalue weighted by Crippen LogP contribution is -2.38. The van der Waals surface area contributed by atoms with Gasteiger partial charge in [-0.25, -0.2) is 26.6 Å². The van der Waals surface area contributed by atoms with E-state index in [1.165, 1.54) is 11.0 Å². The van der Waals surface area contributed by atoms with Crippen molar-refractivity contribution in [2.24, 2.45) is 0 Å². The number of aromatic nitrogens is 5. The molecule has 2 heterocycles. The summed E-state index contributed by atoms with van der Waals surface area (Å²) >= 11 is 0. The summed E-state index contributed by atoms with van der Waals surface area (Å²) in [6.07, 6.45) is 1.25. The fourth-order valence-corrected chi connectivity index (χ4v) is 4.24. The minimum absolute atomic E-state index is 0.113. The maximum Gasteiger partial charge on any atom is 0.194 e. The van der Waals surface area contributed by atoms with Crippen molar-refractivity contribution in [3.63, 3.8) is 0 Å². The molecule has 0 spiro atoms. The first kappa shape index (κ1) is 26.9. The van der Waals surface area contributed by atoms with Gasteiger partial charge >= 0.3 is 0 Å². The lowest BCUT2D eigenvalue weighted by molar-refractivity contribution is -0.0185. The largest absolute Gasteiger partial charge is 0.489 e. The van der Waals surface area contributed by atoms with Gasteiger partial charge in [-0.05, 0) is 58.5 Å². The predicted octanol–water partition coefficient (Wildman–Crippen LogP) is 5.29. The molecule has 0 aliphatic rings. The van der Waals surface area contributed by atoms with Gasteiger partial charge in [-0.3, -0.25) is 0 Å². The van der Waals surface area contributed by atoms with Crippen LogP contribution in [0.25, 0.3) is 11.3 Å². The first-order chi connectivity index (χ1) is 19.1. The van der Waals surface area contributed by atoms with Crippen molar-refractivity contribution in [1.29, 1.82) is 0 Å². The minimum atomic E-state index is -1.96. The summed E-state index contributed by atoms with van der Waals surface area (Å²) in [6, 6.07) is 12.6. The zero-order valence-corrected chi connectivity index (χ0v) is 20.7. The van der Waals surface area contributed by atoms with E-state index in [0.717, 1.165) is 24.3 Å². The van der Waals surface area contributed by atoms with E-state index in [4.69, 9.17) is 9.26 Å². The molecule has 0 saturated carbocycles. The normalized spacial score (nSPS) is 13.7. The number of tetrazole rings is 1.